The number of carboxylic acid groups (broad SMARTS) is 1. The molecule has 4 rings (SSSR count). The molecule has 0 amide bonds. The van der Waals surface area contributed by atoms with Gasteiger partial charge in [-0.1, -0.05) is 0 Å². The van der Waals surface area contributed by atoms with Crippen LogP contribution < -0.4 is 10.6 Å². The standard InChI is InChI=1S/C22H20F3N3O3/c1-10-17-15(9-16(19(10)25)28-6-4-12(26)5-7-28)27-20(18(21(17)29)22(30)31)13-8-11(23)2-3-14(13)24/h2-3,8-9,12,18H,4-7,26H2,1H3,(H,30,31). The molecule has 1 atom stereocenters. The van der Waals surface area contributed by atoms with E-state index in [2.05, 4.69) is 4.99 Å². The molecule has 1 fully saturated rings. The van der Waals surface area contributed by atoms with E-state index in [1.165, 1.54) is 13.0 Å². The van der Waals surface area contributed by atoms with Crippen LogP contribution in [0.3, 0.4) is 0 Å². The third-order valence-electron chi connectivity index (χ3n) is 5.81. The number of nitrogens with two attached hydrogens (primary N) is 1. The topological polar surface area (TPSA) is 96.0 Å². The molecule has 0 spiro atoms. The number of anilines is 1. The minimum atomic E-state index is -1.87. The summed E-state index contributed by atoms with van der Waals surface area (Å²) in [5, 5.41) is 9.64. The molecule has 2 aromatic carbocycles. The fourth-order valence-electron chi connectivity index (χ4n) is 4.13. The second kappa shape index (κ2) is 7.81. The summed E-state index contributed by atoms with van der Waals surface area (Å²) in [6.45, 7) is 2.40. The zero-order chi connectivity index (χ0) is 22.4. The van der Waals surface area contributed by atoms with Crippen LogP contribution in [0.25, 0.3) is 0 Å². The third kappa shape index (κ3) is 3.59. The number of piperidine rings is 1. The van der Waals surface area contributed by atoms with E-state index in [-0.39, 0.29) is 28.5 Å². The molecule has 0 aromatic heterocycles. The summed E-state index contributed by atoms with van der Waals surface area (Å²) in [5.74, 6) is -6.72. The van der Waals surface area contributed by atoms with Gasteiger partial charge in [-0.15, -0.1) is 0 Å². The summed E-state index contributed by atoms with van der Waals surface area (Å²) in [6.07, 6.45) is 1.33. The number of hydrogen-bond donors (Lipinski definition) is 2. The summed E-state index contributed by atoms with van der Waals surface area (Å²) in [7, 11) is 0. The Morgan fingerprint density at radius 3 is 2.52 bits per heavy atom. The SMILES string of the molecule is Cc1c(F)c(N2CCC(N)CC2)cc2c1C(=O)C(C(=O)O)C(c1cc(F)ccc1F)=N2. The van der Waals surface area contributed by atoms with Gasteiger partial charge in [0.05, 0.1) is 22.6 Å². The number of halogens is 3. The Labute approximate surface area is 176 Å². The van der Waals surface area contributed by atoms with Gasteiger partial charge in [0.2, 0.25) is 0 Å². The van der Waals surface area contributed by atoms with Crippen molar-refractivity contribution >= 4 is 28.8 Å². The van der Waals surface area contributed by atoms with Crippen LogP contribution in [0.5, 0.6) is 0 Å². The number of aliphatic imine (C=N–C) groups is 1. The second-order valence-corrected chi connectivity index (χ2v) is 7.81. The van der Waals surface area contributed by atoms with Gasteiger partial charge in [0.1, 0.15) is 17.5 Å². The summed E-state index contributed by atoms with van der Waals surface area (Å²) in [6, 6.07) is 3.90. The number of ketones is 1. The van der Waals surface area contributed by atoms with Crippen molar-refractivity contribution in [2.24, 2.45) is 16.6 Å². The number of rotatable bonds is 3. The number of carboxylic acids is 1. The van der Waals surface area contributed by atoms with Gasteiger partial charge in [0.15, 0.2) is 11.7 Å². The van der Waals surface area contributed by atoms with E-state index in [1.807, 2.05) is 0 Å². The number of Topliss-reactive ketones (excluding diaryl/α,β-unsaturated/α-hetero) is 1. The highest BCUT2D eigenvalue weighted by atomic mass is 19.1. The van der Waals surface area contributed by atoms with Crippen LogP contribution in [0.2, 0.25) is 0 Å². The van der Waals surface area contributed by atoms with E-state index in [1.54, 1.807) is 4.90 Å². The first-order valence-electron chi connectivity index (χ1n) is 9.83. The van der Waals surface area contributed by atoms with Gasteiger partial charge < -0.3 is 15.7 Å². The van der Waals surface area contributed by atoms with E-state index in [9.17, 15) is 23.5 Å². The van der Waals surface area contributed by atoms with Crippen LogP contribution in [-0.2, 0) is 4.79 Å². The lowest BCUT2D eigenvalue weighted by atomic mass is 9.83. The summed E-state index contributed by atoms with van der Waals surface area (Å²) in [5.41, 5.74) is 5.14. The molecule has 0 radical (unpaired) electrons. The highest BCUT2D eigenvalue weighted by Crippen LogP contribution is 2.39. The zero-order valence-corrected chi connectivity index (χ0v) is 16.7. The second-order valence-electron chi connectivity index (χ2n) is 7.81. The number of aliphatic carboxylic acids is 1. The molecule has 2 aliphatic rings. The van der Waals surface area contributed by atoms with Gasteiger partial charge in [-0.25, -0.2) is 13.2 Å². The normalized spacial score (nSPS) is 19.3. The van der Waals surface area contributed by atoms with Crippen molar-refractivity contribution in [2.45, 2.75) is 25.8 Å². The lowest BCUT2D eigenvalue weighted by molar-refractivity contribution is -0.137. The highest BCUT2D eigenvalue weighted by Gasteiger charge is 2.41. The van der Waals surface area contributed by atoms with Gasteiger partial charge in [0, 0.05) is 24.7 Å². The Bertz CT molecular complexity index is 1120. The largest absolute Gasteiger partial charge is 0.480 e. The third-order valence-corrected chi connectivity index (χ3v) is 5.81. The van der Waals surface area contributed by atoms with Gasteiger partial charge in [0.25, 0.3) is 0 Å². The molecular formula is C22H20F3N3O3. The fourth-order valence-corrected chi connectivity index (χ4v) is 4.13. The first-order valence-corrected chi connectivity index (χ1v) is 9.83. The van der Waals surface area contributed by atoms with E-state index in [0.29, 0.717) is 25.9 Å². The Hall–Kier alpha value is -3.20. The van der Waals surface area contributed by atoms with Crippen molar-refractivity contribution < 1.29 is 27.9 Å². The van der Waals surface area contributed by atoms with Gasteiger partial charge in [-0.3, -0.25) is 14.6 Å². The summed E-state index contributed by atoms with van der Waals surface area (Å²) in [4.78, 5) is 31.0. The molecule has 1 saturated heterocycles. The molecule has 162 valence electrons. The maximum Gasteiger partial charge on any atom is 0.320 e. The van der Waals surface area contributed by atoms with Crippen molar-refractivity contribution in [3.05, 3.63) is 58.4 Å². The lowest BCUT2D eigenvalue weighted by Gasteiger charge is -2.33. The Kier molecular flexibility index (Phi) is 5.30. The van der Waals surface area contributed by atoms with Crippen LogP contribution in [0.4, 0.5) is 24.5 Å². The number of nitrogens with zero attached hydrogens (tertiary/aromatic N) is 2. The summed E-state index contributed by atoms with van der Waals surface area (Å²) < 4.78 is 43.4. The molecular weight excluding hydrogens is 411 g/mol. The average Bonchev–Trinajstić information content (AvgIpc) is 2.72. The Morgan fingerprint density at radius 1 is 1.19 bits per heavy atom. The quantitative estimate of drug-likeness (QED) is 0.727. The number of benzene rings is 2. The molecule has 2 heterocycles. The van der Waals surface area contributed by atoms with Gasteiger partial charge in [-0.2, -0.15) is 0 Å². The van der Waals surface area contributed by atoms with E-state index < -0.39 is 46.4 Å². The Balaban J connectivity index is 1.91. The van der Waals surface area contributed by atoms with E-state index in [0.717, 1.165) is 18.2 Å². The minimum absolute atomic E-state index is 0.0245. The van der Waals surface area contributed by atoms with Crippen LogP contribution in [0.1, 0.15) is 34.3 Å². The van der Waals surface area contributed by atoms with Crippen molar-refractivity contribution in [3.63, 3.8) is 0 Å². The monoisotopic (exact) mass is 431 g/mol. The smallest absolute Gasteiger partial charge is 0.320 e. The van der Waals surface area contributed by atoms with E-state index >= 15 is 4.39 Å². The highest BCUT2D eigenvalue weighted by molar-refractivity contribution is 6.32. The first-order chi connectivity index (χ1) is 14.7. The number of hydrogen-bond acceptors (Lipinski definition) is 5. The van der Waals surface area contributed by atoms with Crippen LogP contribution in [0.15, 0.2) is 29.3 Å². The zero-order valence-electron chi connectivity index (χ0n) is 16.7. The first kappa shape index (κ1) is 21.0. The molecule has 0 bridgehead atoms. The summed E-state index contributed by atoms with van der Waals surface area (Å²) >= 11 is 0. The van der Waals surface area contributed by atoms with E-state index in [4.69, 9.17) is 5.73 Å². The van der Waals surface area contributed by atoms with Crippen molar-refractivity contribution in [3.8, 4) is 0 Å². The minimum Gasteiger partial charge on any atom is -0.480 e. The number of fused-ring (bicyclic) bond motifs is 1. The molecule has 1 unspecified atom stereocenters. The van der Waals surface area contributed by atoms with Crippen molar-refractivity contribution in [1.82, 2.24) is 0 Å². The molecule has 0 aliphatic carbocycles. The van der Waals surface area contributed by atoms with Crippen molar-refractivity contribution in [1.29, 1.82) is 0 Å². The van der Waals surface area contributed by atoms with Crippen LogP contribution >= 0.6 is 0 Å². The molecule has 2 aromatic rings. The van der Waals surface area contributed by atoms with Crippen LogP contribution in [-0.4, -0.2) is 41.7 Å². The number of carbonyl (C=O) groups is 2. The average molecular weight is 431 g/mol. The molecule has 6 nitrogen and oxygen atoms in total. The maximum absolute atomic E-state index is 15.2. The molecule has 2 aliphatic heterocycles. The molecule has 3 N–H and O–H groups in total. The fraction of sp³-hybridized carbons (Fsp3) is 0.318. The lowest BCUT2D eigenvalue weighted by Crippen LogP contribution is -2.40. The number of carbonyl (C=O) groups excluding carboxylic acids is 1. The van der Waals surface area contributed by atoms with Gasteiger partial charge >= 0.3 is 5.97 Å². The molecule has 9 heteroatoms. The molecule has 31 heavy (non-hydrogen) atoms. The molecule has 0 saturated carbocycles. The Morgan fingerprint density at radius 2 is 1.87 bits per heavy atom. The van der Waals surface area contributed by atoms with Crippen molar-refractivity contribution in [2.75, 3.05) is 18.0 Å². The predicted molar refractivity (Wildman–Crippen MR) is 109 cm³/mol. The van der Waals surface area contributed by atoms with Crippen LogP contribution in [0, 0.1) is 30.3 Å². The van der Waals surface area contributed by atoms with Gasteiger partial charge in [-0.05, 0) is 49.6 Å². The maximum atomic E-state index is 15.2. The predicted octanol–water partition coefficient (Wildman–Crippen LogP) is 3.36.